The molecule has 1 saturated heterocycles. The highest BCUT2D eigenvalue weighted by Gasteiger charge is 2.66. The van der Waals surface area contributed by atoms with E-state index in [9.17, 15) is 9.59 Å². The van der Waals surface area contributed by atoms with Crippen LogP contribution in [0.1, 0.15) is 13.8 Å². The van der Waals surface area contributed by atoms with Crippen LogP contribution < -0.4 is 0 Å². The molecule has 0 unspecified atom stereocenters. The second kappa shape index (κ2) is 5.09. The Labute approximate surface area is 113 Å². The first-order valence-electron chi connectivity index (χ1n) is 6.74. The quantitative estimate of drug-likeness (QED) is 0.718. The first kappa shape index (κ1) is 14.3. The SMILES string of the molecule is CC1(C)[C@H](C(=O)N2CCN(CCO)CC2)[C@@H]1C(=O)O. The summed E-state index contributed by atoms with van der Waals surface area (Å²) in [6.07, 6.45) is 0. The van der Waals surface area contributed by atoms with E-state index in [1.54, 1.807) is 4.90 Å². The van der Waals surface area contributed by atoms with Gasteiger partial charge in [-0.15, -0.1) is 0 Å². The number of carbonyl (C=O) groups is 2. The van der Waals surface area contributed by atoms with E-state index in [1.165, 1.54) is 0 Å². The minimum atomic E-state index is -0.873. The molecule has 2 N–H and O–H groups in total. The van der Waals surface area contributed by atoms with Crippen LogP contribution in [0.15, 0.2) is 0 Å². The highest BCUT2D eigenvalue weighted by atomic mass is 16.4. The lowest BCUT2D eigenvalue weighted by atomic mass is 10.1. The summed E-state index contributed by atoms with van der Waals surface area (Å²) in [6.45, 7) is 7.19. The number of carbonyl (C=O) groups excluding carboxylic acids is 1. The van der Waals surface area contributed by atoms with Crippen LogP contribution in [0.4, 0.5) is 0 Å². The molecule has 1 saturated carbocycles. The largest absolute Gasteiger partial charge is 0.481 e. The maximum absolute atomic E-state index is 12.4. The molecule has 0 radical (unpaired) electrons. The lowest BCUT2D eigenvalue weighted by Crippen LogP contribution is -2.50. The number of nitrogens with zero attached hydrogens (tertiary/aromatic N) is 2. The highest BCUT2D eigenvalue weighted by Crippen LogP contribution is 2.59. The van der Waals surface area contributed by atoms with E-state index in [4.69, 9.17) is 10.2 Å². The third-order valence-electron chi connectivity index (χ3n) is 4.46. The maximum atomic E-state index is 12.4. The Morgan fingerprint density at radius 2 is 1.74 bits per heavy atom. The highest BCUT2D eigenvalue weighted by molar-refractivity contribution is 5.91. The van der Waals surface area contributed by atoms with Gasteiger partial charge >= 0.3 is 5.97 Å². The normalized spacial score (nSPS) is 30.2. The lowest BCUT2D eigenvalue weighted by molar-refractivity contribution is -0.142. The van der Waals surface area contributed by atoms with E-state index >= 15 is 0 Å². The second-order valence-corrected chi connectivity index (χ2v) is 6.01. The van der Waals surface area contributed by atoms with Crippen LogP contribution >= 0.6 is 0 Å². The molecule has 0 bridgehead atoms. The number of hydrogen-bond acceptors (Lipinski definition) is 4. The minimum absolute atomic E-state index is 0.0268. The minimum Gasteiger partial charge on any atom is -0.481 e. The number of carboxylic acid groups (broad SMARTS) is 1. The first-order chi connectivity index (χ1) is 8.89. The molecule has 6 nitrogen and oxygen atoms in total. The van der Waals surface area contributed by atoms with Crippen molar-refractivity contribution in [3.63, 3.8) is 0 Å². The Kier molecular flexibility index (Phi) is 3.82. The number of rotatable bonds is 4. The standard InChI is InChI=1S/C13H22N2O4/c1-13(2)9(10(13)12(18)19)11(17)15-5-3-14(4-6-15)7-8-16/h9-10,16H,3-8H2,1-2H3,(H,18,19)/t9-,10+/m0/s1. The lowest BCUT2D eigenvalue weighted by Gasteiger charge is -2.34. The summed E-state index contributed by atoms with van der Waals surface area (Å²) in [5, 5.41) is 18.0. The van der Waals surface area contributed by atoms with Crippen molar-refractivity contribution in [1.82, 2.24) is 9.80 Å². The molecular weight excluding hydrogens is 248 g/mol. The van der Waals surface area contributed by atoms with Crippen LogP contribution in [0, 0.1) is 17.3 Å². The Morgan fingerprint density at radius 3 is 2.16 bits per heavy atom. The monoisotopic (exact) mass is 270 g/mol. The number of aliphatic hydroxyl groups excluding tert-OH is 1. The van der Waals surface area contributed by atoms with Gasteiger partial charge in [-0.05, 0) is 5.41 Å². The van der Waals surface area contributed by atoms with Crippen LogP contribution in [0.25, 0.3) is 0 Å². The van der Waals surface area contributed by atoms with E-state index in [2.05, 4.69) is 4.90 Å². The van der Waals surface area contributed by atoms with Crippen LogP contribution in [-0.4, -0.2) is 71.2 Å². The van der Waals surface area contributed by atoms with Gasteiger partial charge in [0.15, 0.2) is 0 Å². The zero-order valence-corrected chi connectivity index (χ0v) is 11.5. The van der Waals surface area contributed by atoms with E-state index in [0.717, 1.165) is 13.1 Å². The van der Waals surface area contributed by atoms with Gasteiger partial charge in [-0.3, -0.25) is 14.5 Å². The van der Waals surface area contributed by atoms with E-state index in [-0.39, 0.29) is 18.4 Å². The van der Waals surface area contributed by atoms with Crippen molar-refractivity contribution in [2.75, 3.05) is 39.3 Å². The Bertz CT molecular complexity index is 375. The number of amides is 1. The zero-order valence-electron chi connectivity index (χ0n) is 11.5. The van der Waals surface area contributed by atoms with Crippen LogP contribution in [0.3, 0.4) is 0 Å². The molecule has 19 heavy (non-hydrogen) atoms. The molecule has 2 atom stereocenters. The van der Waals surface area contributed by atoms with Gasteiger partial charge in [-0.25, -0.2) is 0 Å². The number of piperazine rings is 1. The van der Waals surface area contributed by atoms with Gasteiger partial charge < -0.3 is 15.1 Å². The summed E-state index contributed by atoms with van der Waals surface area (Å²) < 4.78 is 0. The first-order valence-corrected chi connectivity index (χ1v) is 6.74. The fourth-order valence-electron chi connectivity index (χ4n) is 3.09. The van der Waals surface area contributed by atoms with Crippen molar-refractivity contribution in [3.05, 3.63) is 0 Å². The maximum Gasteiger partial charge on any atom is 0.307 e. The average Bonchev–Trinajstić information content (AvgIpc) is 2.93. The summed E-state index contributed by atoms with van der Waals surface area (Å²) in [5.41, 5.74) is -0.425. The van der Waals surface area contributed by atoms with Crippen LogP contribution in [0.5, 0.6) is 0 Å². The molecule has 0 aromatic rings. The summed E-state index contributed by atoms with van der Waals surface area (Å²) in [5.74, 6) is -1.83. The van der Waals surface area contributed by atoms with Gasteiger partial charge in [0.1, 0.15) is 0 Å². The van der Waals surface area contributed by atoms with Crippen molar-refractivity contribution in [2.24, 2.45) is 17.3 Å². The average molecular weight is 270 g/mol. The van der Waals surface area contributed by atoms with Crippen LogP contribution in [-0.2, 0) is 9.59 Å². The molecule has 1 aliphatic heterocycles. The van der Waals surface area contributed by atoms with Gasteiger partial charge in [0.2, 0.25) is 5.91 Å². The van der Waals surface area contributed by atoms with Gasteiger partial charge in [0.25, 0.3) is 0 Å². The number of hydrogen-bond donors (Lipinski definition) is 2. The van der Waals surface area contributed by atoms with Gasteiger partial charge in [0.05, 0.1) is 18.4 Å². The van der Waals surface area contributed by atoms with E-state index < -0.39 is 17.3 Å². The molecule has 6 heteroatoms. The fourth-order valence-corrected chi connectivity index (χ4v) is 3.09. The molecule has 1 aliphatic carbocycles. The van der Waals surface area contributed by atoms with E-state index in [1.807, 2.05) is 13.8 Å². The Balaban J connectivity index is 1.91. The number of aliphatic carboxylic acids is 1. The Morgan fingerprint density at radius 1 is 1.16 bits per heavy atom. The molecule has 1 heterocycles. The van der Waals surface area contributed by atoms with Crippen molar-refractivity contribution in [1.29, 1.82) is 0 Å². The molecule has 2 aliphatic rings. The second-order valence-electron chi connectivity index (χ2n) is 6.01. The molecule has 2 fully saturated rings. The summed E-state index contributed by atoms with van der Waals surface area (Å²) >= 11 is 0. The molecule has 2 rings (SSSR count). The predicted molar refractivity (Wildman–Crippen MR) is 68.5 cm³/mol. The molecule has 108 valence electrons. The van der Waals surface area contributed by atoms with Crippen molar-refractivity contribution in [3.8, 4) is 0 Å². The third kappa shape index (κ3) is 2.60. The van der Waals surface area contributed by atoms with Crippen molar-refractivity contribution in [2.45, 2.75) is 13.8 Å². The summed E-state index contributed by atoms with van der Waals surface area (Å²) in [7, 11) is 0. The number of β-amino-alcohol motifs (C(OH)–C–C–N with tert-alkyl or cyclic N) is 1. The number of carboxylic acids is 1. The molecule has 0 aromatic heterocycles. The number of aliphatic hydroxyl groups is 1. The molecule has 0 spiro atoms. The summed E-state index contributed by atoms with van der Waals surface area (Å²) in [4.78, 5) is 27.3. The van der Waals surface area contributed by atoms with E-state index in [0.29, 0.717) is 19.6 Å². The molecular formula is C13H22N2O4. The third-order valence-corrected chi connectivity index (χ3v) is 4.46. The van der Waals surface area contributed by atoms with Gasteiger partial charge in [0, 0.05) is 32.7 Å². The van der Waals surface area contributed by atoms with Crippen LogP contribution in [0.2, 0.25) is 0 Å². The predicted octanol–water partition coefficient (Wildman–Crippen LogP) is -0.520. The Hall–Kier alpha value is -1.14. The topological polar surface area (TPSA) is 81.1 Å². The fraction of sp³-hybridized carbons (Fsp3) is 0.846. The van der Waals surface area contributed by atoms with Gasteiger partial charge in [-0.2, -0.15) is 0 Å². The van der Waals surface area contributed by atoms with Gasteiger partial charge in [-0.1, -0.05) is 13.8 Å². The van der Waals surface area contributed by atoms with Crippen molar-refractivity contribution < 1.29 is 19.8 Å². The summed E-state index contributed by atoms with van der Waals surface area (Å²) in [6, 6.07) is 0. The smallest absolute Gasteiger partial charge is 0.307 e. The molecule has 1 amide bonds. The van der Waals surface area contributed by atoms with Crippen molar-refractivity contribution >= 4 is 11.9 Å². The zero-order chi connectivity index (χ0) is 14.2. The molecule has 0 aromatic carbocycles.